The van der Waals surface area contributed by atoms with Gasteiger partial charge in [0, 0.05) is 23.3 Å². The summed E-state index contributed by atoms with van der Waals surface area (Å²) < 4.78 is 0. The molecule has 0 aromatic carbocycles. The molecule has 3 rings (SSSR count). The summed E-state index contributed by atoms with van der Waals surface area (Å²) in [6.45, 7) is 6.81. The van der Waals surface area contributed by atoms with E-state index in [0.717, 1.165) is 18.2 Å². The monoisotopic (exact) mass is 278 g/mol. The van der Waals surface area contributed by atoms with Crippen LogP contribution in [-0.4, -0.2) is 18.1 Å². The van der Waals surface area contributed by atoms with Crippen molar-refractivity contribution < 1.29 is 0 Å². The lowest BCUT2D eigenvalue weighted by atomic mass is 10.0. The fourth-order valence-electron chi connectivity index (χ4n) is 2.46. The normalized spacial score (nSPS) is 20.3. The quantitative estimate of drug-likeness (QED) is 0.808. The Morgan fingerprint density at radius 3 is 3.00 bits per heavy atom. The summed E-state index contributed by atoms with van der Waals surface area (Å²) in [6, 6.07) is 4.35. The first kappa shape index (κ1) is 12.2. The average molecular weight is 278 g/mol. The minimum atomic E-state index is 0.801. The first-order valence-corrected chi connectivity index (χ1v) is 8.19. The van der Waals surface area contributed by atoms with Gasteiger partial charge in [0.1, 0.15) is 0 Å². The number of aromatic nitrogens is 1. The third-order valence-electron chi connectivity index (χ3n) is 3.41. The van der Waals surface area contributed by atoms with Crippen molar-refractivity contribution >= 4 is 27.8 Å². The SMILES string of the molecule is Cc1ccc(-c2csc(N3CCCC(C)C3)n2)s1. The Bertz CT molecular complexity index is 529. The lowest BCUT2D eigenvalue weighted by molar-refractivity contribution is 0.446. The number of hydrogen-bond acceptors (Lipinski definition) is 4. The molecule has 2 aromatic heterocycles. The van der Waals surface area contributed by atoms with Gasteiger partial charge in [-0.1, -0.05) is 6.92 Å². The Hall–Kier alpha value is -0.870. The Labute approximate surface area is 116 Å². The summed E-state index contributed by atoms with van der Waals surface area (Å²) in [6.07, 6.45) is 2.66. The van der Waals surface area contributed by atoms with Gasteiger partial charge >= 0.3 is 0 Å². The molecule has 18 heavy (non-hydrogen) atoms. The molecule has 0 radical (unpaired) electrons. The number of piperidine rings is 1. The highest BCUT2D eigenvalue weighted by molar-refractivity contribution is 7.17. The zero-order chi connectivity index (χ0) is 12.5. The molecule has 4 heteroatoms. The molecule has 1 aliphatic heterocycles. The lowest BCUT2D eigenvalue weighted by Gasteiger charge is -2.30. The molecule has 1 aliphatic rings. The Morgan fingerprint density at radius 2 is 2.28 bits per heavy atom. The Kier molecular flexibility index (Phi) is 3.39. The van der Waals surface area contributed by atoms with E-state index in [9.17, 15) is 0 Å². The second kappa shape index (κ2) is 5.02. The predicted octanol–water partition coefficient (Wildman–Crippen LogP) is 4.42. The van der Waals surface area contributed by atoms with Gasteiger partial charge in [-0.15, -0.1) is 22.7 Å². The van der Waals surface area contributed by atoms with Gasteiger partial charge in [0.2, 0.25) is 0 Å². The van der Waals surface area contributed by atoms with Crippen LogP contribution in [-0.2, 0) is 0 Å². The molecule has 2 aromatic rings. The van der Waals surface area contributed by atoms with Crippen LogP contribution in [0.15, 0.2) is 17.5 Å². The fourth-order valence-corrected chi connectivity index (χ4v) is 4.22. The summed E-state index contributed by atoms with van der Waals surface area (Å²) in [5.41, 5.74) is 1.14. The van der Waals surface area contributed by atoms with Gasteiger partial charge in [-0.3, -0.25) is 0 Å². The van der Waals surface area contributed by atoms with Crippen LogP contribution < -0.4 is 4.90 Å². The van der Waals surface area contributed by atoms with E-state index in [0.29, 0.717) is 0 Å². The Balaban J connectivity index is 1.80. The lowest BCUT2D eigenvalue weighted by Crippen LogP contribution is -2.34. The largest absolute Gasteiger partial charge is 0.348 e. The van der Waals surface area contributed by atoms with E-state index < -0.39 is 0 Å². The number of rotatable bonds is 2. The van der Waals surface area contributed by atoms with Gasteiger partial charge < -0.3 is 4.90 Å². The maximum Gasteiger partial charge on any atom is 0.185 e. The molecular formula is C14H18N2S2. The highest BCUT2D eigenvalue weighted by Gasteiger charge is 2.19. The molecule has 3 heterocycles. The summed E-state index contributed by atoms with van der Waals surface area (Å²) in [5, 5.41) is 3.39. The first-order valence-electron chi connectivity index (χ1n) is 6.49. The molecule has 1 fully saturated rings. The highest BCUT2D eigenvalue weighted by atomic mass is 32.1. The maximum atomic E-state index is 4.81. The third-order valence-corrected chi connectivity index (χ3v) is 5.34. The van der Waals surface area contributed by atoms with Crippen LogP contribution in [0.5, 0.6) is 0 Å². The van der Waals surface area contributed by atoms with Crippen molar-refractivity contribution in [3.05, 3.63) is 22.4 Å². The number of thiazole rings is 1. The van der Waals surface area contributed by atoms with E-state index in [2.05, 4.69) is 36.3 Å². The van der Waals surface area contributed by atoms with Crippen molar-refractivity contribution in [1.29, 1.82) is 0 Å². The van der Waals surface area contributed by atoms with Crippen LogP contribution in [0.2, 0.25) is 0 Å². The van der Waals surface area contributed by atoms with Crippen molar-refractivity contribution in [2.45, 2.75) is 26.7 Å². The van der Waals surface area contributed by atoms with Crippen molar-refractivity contribution in [1.82, 2.24) is 4.98 Å². The topological polar surface area (TPSA) is 16.1 Å². The van der Waals surface area contributed by atoms with E-state index in [1.807, 2.05) is 11.3 Å². The second-order valence-electron chi connectivity index (χ2n) is 5.12. The minimum Gasteiger partial charge on any atom is -0.348 e. The highest BCUT2D eigenvalue weighted by Crippen LogP contribution is 2.33. The van der Waals surface area contributed by atoms with Gasteiger partial charge in [0.25, 0.3) is 0 Å². The van der Waals surface area contributed by atoms with Crippen LogP contribution >= 0.6 is 22.7 Å². The number of hydrogen-bond donors (Lipinski definition) is 0. The van der Waals surface area contributed by atoms with Crippen LogP contribution in [0.4, 0.5) is 5.13 Å². The summed E-state index contributed by atoms with van der Waals surface area (Å²) in [4.78, 5) is 9.90. The van der Waals surface area contributed by atoms with Crippen LogP contribution in [0.1, 0.15) is 24.6 Å². The number of aryl methyl sites for hydroxylation is 1. The first-order chi connectivity index (χ1) is 8.72. The molecule has 1 unspecified atom stereocenters. The van der Waals surface area contributed by atoms with Crippen molar-refractivity contribution in [2.75, 3.05) is 18.0 Å². The molecular weight excluding hydrogens is 260 g/mol. The van der Waals surface area contributed by atoms with Gasteiger partial charge in [0.15, 0.2) is 5.13 Å². The maximum absolute atomic E-state index is 4.81. The van der Waals surface area contributed by atoms with E-state index in [-0.39, 0.29) is 0 Å². The standard InChI is InChI=1S/C14H18N2S2/c1-10-4-3-7-16(8-10)14-15-12(9-17-14)13-6-5-11(2)18-13/h5-6,9-10H,3-4,7-8H2,1-2H3. The van der Waals surface area contributed by atoms with Gasteiger partial charge in [-0.25, -0.2) is 4.98 Å². The molecule has 96 valence electrons. The van der Waals surface area contributed by atoms with E-state index in [4.69, 9.17) is 4.98 Å². The zero-order valence-corrected chi connectivity index (χ0v) is 12.5. The molecule has 0 spiro atoms. The molecule has 1 saturated heterocycles. The smallest absolute Gasteiger partial charge is 0.185 e. The summed E-state index contributed by atoms with van der Waals surface area (Å²) in [7, 11) is 0. The molecule has 0 N–H and O–H groups in total. The molecule has 0 aliphatic carbocycles. The molecule has 1 atom stereocenters. The second-order valence-corrected chi connectivity index (χ2v) is 7.24. The van der Waals surface area contributed by atoms with Crippen molar-refractivity contribution in [3.8, 4) is 10.6 Å². The average Bonchev–Trinajstić information content (AvgIpc) is 2.97. The molecule has 0 bridgehead atoms. The molecule has 0 saturated carbocycles. The van der Waals surface area contributed by atoms with Crippen molar-refractivity contribution in [3.63, 3.8) is 0 Å². The summed E-state index contributed by atoms with van der Waals surface area (Å²) >= 11 is 3.61. The van der Waals surface area contributed by atoms with Crippen LogP contribution in [0.3, 0.4) is 0 Å². The van der Waals surface area contributed by atoms with E-state index in [1.165, 1.54) is 34.3 Å². The molecule has 0 amide bonds. The third kappa shape index (κ3) is 2.45. The van der Waals surface area contributed by atoms with Crippen LogP contribution in [0.25, 0.3) is 10.6 Å². The van der Waals surface area contributed by atoms with E-state index in [1.54, 1.807) is 11.3 Å². The van der Waals surface area contributed by atoms with Gasteiger partial charge in [-0.05, 0) is 37.8 Å². The number of thiophene rings is 1. The predicted molar refractivity (Wildman–Crippen MR) is 80.8 cm³/mol. The number of nitrogens with zero attached hydrogens (tertiary/aromatic N) is 2. The van der Waals surface area contributed by atoms with Crippen LogP contribution in [0, 0.1) is 12.8 Å². The van der Waals surface area contributed by atoms with E-state index >= 15 is 0 Å². The van der Waals surface area contributed by atoms with Gasteiger partial charge in [-0.2, -0.15) is 0 Å². The fraction of sp³-hybridized carbons (Fsp3) is 0.500. The van der Waals surface area contributed by atoms with Crippen molar-refractivity contribution in [2.24, 2.45) is 5.92 Å². The zero-order valence-electron chi connectivity index (χ0n) is 10.8. The minimum absolute atomic E-state index is 0.801. The summed E-state index contributed by atoms with van der Waals surface area (Å²) in [5.74, 6) is 0.801. The Morgan fingerprint density at radius 1 is 1.39 bits per heavy atom. The van der Waals surface area contributed by atoms with Gasteiger partial charge in [0.05, 0.1) is 10.6 Å². The number of anilines is 1. The molecule has 2 nitrogen and oxygen atoms in total.